The molecule has 0 amide bonds. The zero-order valence-corrected chi connectivity index (χ0v) is 81.0. The molecule has 0 saturated carbocycles. The van der Waals surface area contributed by atoms with Crippen LogP contribution in [0.15, 0.2) is 171 Å². The maximum Gasteiger partial charge on any atom is 0.255 e. The number of para-hydroxylation sites is 1. The predicted octanol–water partition coefficient (Wildman–Crippen LogP) is 13.8. The third kappa shape index (κ3) is 14.8. The van der Waals surface area contributed by atoms with Gasteiger partial charge in [0.1, 0.15) is 80.4 Å². The molecule has 11 aromatic rings. The zero-order chi connectivity index (χ0) is 95.8. The van der Waals surface area contributed by atoms with Gasteiger partial charge < -0.3 is 76.2 Å². The van der Waals surface area contributed by atoms with E-state index in [4.69, 9.17) is 92.2 Å². The number of aromatic nitrogens is 11. The van der Waals surface area contributed by atoms with Crippen LogP contribution in [0.25, 0.3) is 0 Å². The van der Waals surface area contributed by atoms with Crippen LogP contribution >= 0.6 is 0 Å². The molecule has 4 spiro atoms. The summed E-state index contributed by atoms with van der Waals surface area (Å²) in [5, 5.41) is 0. The number of piperidine rings is 5. The van der Waals surface area contributed by atoms with Crippen molar-refractivity contribution >= 4 is 63.7 Å². The fourth-order valence-corrected chi connectivity index (χ4v) is 27.7. The summed E-state index contributed by atoms with van der Waals surface area (Å²) in [7, 11) is 1.79. The Kier molecular flexibility index (Phi) is 21.8. The summed E-state index contributed by atoms with van der Waals surface area (Å²) in [6, 6.07) is 38.4. The number of nitrogens with zero attached hydrogens (tertiary/aromatic N) is 23. The highest BCUT2D eigenvalue weighted by molar-refractivity contribution is 6.13. The summed E-state index contributed by atoms with van der Waals surface area (Å²) in [5.74, 6) is 8.77. The average molecular weight is 1910 g/mol. The number of nitrogens with two attached hydrogens (primary N) is 4. The molecule has 8 N–H and O–H groups in total. The molecule has 0 radical (unpaired) electrons. The maximum absolute atomic E-state index is 13.8. The van der Waals surface area contributed by atoms with Gasteiger partial charge in [-0.2, -0.15) is 0 Å². The lowest BCUT2D eigenvalue weighted by Crippen LogP contribution is -2.56. The molecule has 18 aliphatic rings. The van der Waals surface area contributed by atoms with Gasteiger partial charge in [0.15, 0.2) is 23.3 Å². The van der Waals surface area contributed by atoms with Gasteiger partial charge in [-0.1, -0.05) is 48.5 Å². The number of pyridine rings is 3. The first-order valence-electron chi connectivity index (χ1n) is 51.8. The van der Waals surface area contributed by atoms with E-state index in [1.807, 2.05) is 75.2 Å². The molecule has 4 bridgehead atoms. The number of hydrogen-bond acceptors (Lipinski definition) is 29. The van der Waals surface area contributed by atoms with Crippen LogP contribution in [0.2, 0.25) is 0 Å². The van der Waals surface area contributed by atoms with Crippen molar-refractivity contribution in [3.05, 3.63) is 276 Å². The lowest BCUT2D eigenvalue weighted by molar-refractivity contribution is 0.0272. The van der Waals surface area contributed by atoms with Gasteiger partial charge in [-0.3, -0.25) is 34.7 Å². The fourth-order valence-electron chi connectivity index (χ4n) is 27.7. The summed E-state index contributed by atoms with van der Waals surface area (Å²) in [4.78, 5) is 100. The molecule has 2 unspecified atom stereocenters. The van der Waals surface area contributed by atoms with Crippen LogP contribution in [-0.2, 0) is 65.3 Å². The van der Waals surface area contributed by atoms with Crippen molar-refractivity contribution in [2.45, 2.75) is 247 Å². The Hall–Kier alpha value is -13.2. The van der Waals surface area contributed by atoms with Gasteiger partial charge in [0, 0.05) is 163 Å². The molecule has 728 valence electrons. The standard InChI is InChI=1S/C29H32FN7O.C29H31N7.C28H29N7O.C24H29FN6O/c1-17-26(36-12-8-29(9-13-36)15-18-14-19(30)5-6-20(18)25(29)31)34-22-16-32-27(24(22)33-17)37-10-3-4-21-23(37)7-11-35(2)28(21)38;30-27-21-6-2-1-5-18(21)13-29(27)14-19-9-10-20(15-29)36(19)25-17-32-26-23(34-25)16-33-28(26)35-12-4-7-22-24(35)8-3-11-31-22;29-26-19-5-1-2-8-23(19)36-28(26)13-17-9-10-18(14-28)35(17)24-16-31-25-21(33-24)15-32-27(25)34-12-4-6-20-22(34)7-3-11-30-20;1-15-22(29-18-14-27-23(20(18)28-15)30-9-3-2-4-10-30)31-11-7-24(8-12-31)21(26)17-13-16(25)5-6-19(17)32-24/h5-7,11,14,25H,3-4,8-10,12-13,15-16,31H2,1-2H3;1-3,5-6,8,11,17,19-20,27H,4,7,9-10,12-16,30H2;1-3,5,7-8,11,16-18,26H,4,6,9-10,12-15,29H2;5-6,13,21H,2-4,7-12,14,26H2,1H3/t25-;19-,20+,27-,29?;17-,18+,26-,28?;21-/m1111/s1. The number of fused-ring (bicyclic) bond motifs is 15. The Morgan fingerprint density at radius 2 is 0.880 bits per heavy atom. The van der Waals surface area contributed by atoms with Gasteiger partial charge in [0.25, 0.3) is 5.56 Å². The number of benzene rings is 4. The van der Waals surface area contributed by atoms with E-state index in [1.54, 1.807) is 23.7 Å². The van der Waals surface area contributed by atoms with Crippen molar-refractivity contribution in [2.75, 3.05) is 93.2 Å². The van der Waals surface area contributed by atoms with Gasteiger partial charge >= 0.3 is 0 Å². The molecular weight excluding hydrogens is 1790 g/mol. The summed E-state index contributed by atoms with van der Waals surface area (Å²) in [6.45, 7) is 14.4. The molecular formula is C110H121F2N27O3. The number of rotatable bonds is 4. The second-order valence-electron chi connectivity index (χ2n) is 42.8. The molecule has 10 atom stereocenters. The number of hydrogen-bond donors (Lipinski definition) is 4. The summed E-state index contributed by atoms with van der Waals surface area (Å²) < 4.78 is 42.1. The van der Waals surface area contributed by atoms with Crippen molar-refractivity contribution in [3.8, 4) is 11.5 Å². The topological polar surface area (TPSA) is 349 Å². The number of halogens is 2. The Labute approximate surface area is 824 Å². The first kappa shape index (κ1) is 89.0. The van der Waals surface area contributed by atoms with Crippen LogP contribution < -0.4 is 72.3 Å². The third-order valence-electron chi connectivity index (χ3n) is 34.8. The van der Waals surface area contributed by atoms with E-state index in [9.17, 15) is 13.6 Å². The maximum atomic E-state index is 13.8. The van der Waals surface area contributed by atoms with Crippen LogP contribution in [0.1, 0.15) is 247 Å². The van der Waals surface area contributed by atoms with Crippen LogP contribution in [0.4, 0.5) is 49.1 Å². The van der Waals surface area contributed by atoms with Crippen LogP contribution in [0.5, 0.6) is 11.5 Å². The highest BCUT2D eigenvalue weighted by Gasteiger charge is 2.59. The predicted molar refractivity (Wildman–Crippen MR) is 543 cm³/mol. The normalized spacial score (nSPS) is 26.1. The molecule has 29 rings (SSSR count). The van der Waals surface area contributed by atoms with E-state index in [1.165, 1.54) is 61.4 Å². The largest absolute Gasteiger partial charge is 0.485 e. The Morgan fingerprint density at radius 1 is 0.394 bits per heavy atom. The second-order valence-corrected chi connectivity index (χ2v) is 42.8. The smallest absolute Gasteiger partial charge is 0.255 e. The van der Waals surface area contributed by atoms with E-state index in [0.717, 1.165) is 340 Å². The van der Waals surface area contributed by atoms with Crippen molar-refractivity contribution in [1.82, 2.24) is 59.3 Å². The van der Waals surface area contributed by atoms with Crippen LogP contribution in [-0.4, -0.2) is 177 Å². The summed E-state index contributed by atoms with van der Waals surface area (Å²) in [6.07, 6.45) is 33.3. The van der Waals surface area contributed by atoms with Crippen LogP contribution in [0.3, 0.4) is 0 Å². The fraction of sp³-hybridized carbons (Fsp3) is 0.464. The lowest BCUT2D eigenvalue weighted by atomic mass is 9.70. The van der Waals surface area contributed by atoms with Crippen molar-refractivity contribution in [2.24, 2.45) is 60.8 Å². The third-order valence-corrected chi connectivity index (χ3v) is 34.8. The zero-order valence-electron chi connectivity index (χ0n) is 81.0. The van der Waals surface area contributed by atoms with Gasteiger partial charge in [-0.25, -0.2) is 48.7 Å². The minimum absolute atomic E-state index is 0.0281. The number of likely N-dealkylation sites (tertiary alicyclic amines) is 1. The molecule has 142 heavy (non-hydrogen) atoms. The first-order valence-corrected chi connectivity index (χ1v) is 51.8. The molecule has 4 aromatic carbocycles. The SMILES string of the molecule is Cc1nc2c(nc1N1CCC3(CC1)Cc1cc(F)ccc1[C@H]3N)CN=C2N1CCCc2c1ccn(C)c2=O.Cc1nc2c(nc1N1CCC3(CC1)Oc1ccc(F)cc1[C@H]3N)CN=C2N1CCCCC1.N[C@@H]1c2ccccc2CC12C[C@H]1CC[C@@H](C2)N1c1cnc2c(n1)CN=C2N1CCCc2ncccc21.N[C@@H]1c2ccccc2OC12C[C@H]1CC[C@@H](C2)N1c1cnc2c(n1)CN=C2N1CCCc2ncccc21. The van der Waals surface area contributed by atoms with Gasteiger partial charge in [0.05, 0.1) is 113 Å². The van der Waals surface area contributed by atoms with Gasteiger partial charge in [-0.05, 0) is 236 Å². The molecule has 30 nitrogen and oxygen atoms in total. The molecule has 16 aliphatic heterocycles. The highest BCUT2D eigenvalue weighted by atomic mass is 19.1. The van der Waals surface area contributed by atoms with Crippen LogP contribution in [0, 0.1) is 36.3 Å². The summed E-state index contributed by atoms with van der Waals surface area (Å²) in [5.41, 5.74) is 48.9. The Morgan fingerprint density at radius 3 is 1.49 bits per heavy atom. The molecule has 2 aliphatic carbocycles. The molecule has 23 heterocycles. The molecule has 7 fully saturated rings. The van der Waals surface area contributed by atoms with Gasteiger partial charge in [0.2, 0.25) is 0 Å². The minimum Gasteiger partial charge on any atom is -0.485 e. The van der Waals surface area contributed by atoms with E-state index in [0.29, 0.717) is 56.1 Å². The van der Waals surface area contributed by atoms with E-state index >= 15 is 0 Å². The van der Waals surface area contributed by atoms with Gasteiger partial charge in [-0.15, -0.1) is 0 Å². The molecule has 7 saturated heterocycles. The Bertz CT molecular complexity index is 6860. The minimum atomic E-state index is -0.477. The first-order chi connectivity index (χ1) is 69.3. The molecule has 7 aromatic heterocycles. The molecule has 32 heteroatoms. The number of ether oxygens (including phenoxy) is 2. The number of anilines is 7. The van der Waals surface area contributed by atoms with E-state index in [-0.39, 0.29) is 57.8 Å². The summed E-state index contributed by atoms with van der Waals surface area (Å²) >= 11 is 0. The Balaban J connectivity index is 0.0000000972. The second kappa shape index (κ2) is 34.9. The highest BCUT2D eigenvalue weighted by Crippen LogP contribution is 2.60. The van der Waals surface area contributed by atoms with Crippen molar-refractivity contribution in [3.63, 3.8) is 0 Å². The average Bonchev–Trinajstić information content (AvgIpc) is 1.56. The number of aryl methyl sites for hydroxylation is 5. The lowest BCUT2D eigenvalue weighted by Gasteiger charge is -2.47. The quantitative estimate of drug-likeness (QED) is 0.127. The van der Waals surface area contributed by atoms with E-state index in [2.05, 4.69) is 104 Å². The van der Waals surface area contributed by atoms with Crippen molar-refractivity contribution < 1.29 is 18.3 Å². The van der Waals surface area contributed by atoms with E-state index < -0.39 is 5.60 Å². The number of amidine groups is 4. The number of aliphatic imine (C=N–C) groups is 4. The monoisotopic (exact) mass is 1910 g/mol. The van der Waals surface area contributed by atoms with Crippen molar-refractivity contribution in [1.29, 1.82) is 0 Å².